The number of hydrogen-bond donors (Lipinski definition) is 1. The predicted molar refractivity (Wildman–Crippen MR) is 93.6 cm³/mol. The Morgan fingerprint density at radius 3 is 2.92 bits per heavy atom. The van der Waals surface area contributed by atoms with Crippen molar-refractivity contribution in [1.82, 2.24) is 30.2 Å². The molecule has 0 radical (unpaired) electrons. The first-order chi connectivity index (χ1) is 12.3. The van der Waals surface area contributed by atoms with Crippen molar-refractivity contribution in [3.05, 3.63) is 42.0 Å². The van der Waals surface area contributed by atoms with Crippen molar-refractivity contribution >= 4 is 11.5 Å². The Balaban J connectivity index is 1.55. The van der Waals surface area contributed by atoms with Crippen LogP contribution in [0.5, 0.6) is 5.75 Å². The molecule has 1 atom stereocenters. The molecule has 0 aliphatic carbocycles. The highest BCUT2D eigenvalue weighted by Gasteiger charge is 2.23. The Kier molecular flexibility index (Phi) is 4.43. The summed E-state index contributed by atoms with van der Waals surface area (Å²) in [7, 11) is 1.70. The number of ether oxygens (including phenoxy) is 1. The highest BCUT2D eigenvalue weighted by molar-refractivity contribution is 5.42. The summed E-state index contributed by atoms with van der Waals surface area (Å²) in [5, 5.41) is 19.2. The van der Waals surface area contributed by atoms with Crippen molar-refractivity contribution in [2.45, 2.75) is 18.9 Å². The summed E-state index contributed by atoms with van der Waals surface area (Å²) < 4.78 is 6.82. The maximum atomic E-state index is 5.39. The molecule has 8 nitrogen and oxygen atoms in total. The van der Waals surface area contributed by atoms with Crippen molar-refractivity contribution in [3.63, 3.8) is 0 Å². The van der Waals surface area contributed by atoms with Gasteiger partial charge in [-0.15, -0.1) is 14.8 Å². The van der Waals surface area contributed by atoms with Crippen LogP contribution in [0.4, 0.5) is 5.82 Å². The molecule has 3 aromatic rings. The van der Waals surface area contributed by atoms with E-state index < -0.39 is 0 Å². The average Bonchev–Trinajstić information content (AvgIpc) is 3.33. The van der Waals surface area contributed by atoms with E-state index in [9.17, 15) is 0 Å². The van der Waals surface area contributed by atoms with E-state index in [1.807, 2.05) is 24.3 Å². The molecule has 0 saturated carbocycles. The van der Waals surface area contributed by atoms with Crippen molar-refractivity contribution in [2.24, 2.45) is 0 Å². The monoisotopic (exact) mass is 339 g/mol. The molecule has 4 rings (SSSR count). The molecule has 8 heteroatoms. The van der Waals surface area contributed by atoms with Gasteiger partial charge in [0.1, 0.15) is 11.6 Å². The molecule has 25 heavy (non-hydrogen) atoms. The molecule has 1 aliphatic heterocycles. The van der Waals surface area contributed by atoms with E-state index >= 15 is 0 Å². The second kappa shape index (κ2) is 7.02. The number of rotatable bonds is 6. The highest BCUT2D eigenvalue weighted by Crippen LogP contribution is 2.27. The molecule has 2 aromatic heterocycles. The van der Waals surface area contributed by atoms with Crippen LogP contribution in [-0.4, -0.2) is 56.9 Å². The van der Waals surface area contributed by atoms with E-state index in [0.717, 1.165) is 31.2 Å². The van der Waals surface area contributed by atoms with Crippen LogP contribution in [-0.2, 0) is 0 Å². The molecule has 1 fully saturated rings. The quantitative estimate of drug-likeness (QED) is 0.733. The van der Waals surface area contributed by atoms with Gasteiger partial charge in [-0.3, -0.25) is 4.90 Å². The molecule has 1 unspecified atom stereocenters. The largest absolute Gasteiger partial charge is 0.497 e. The number of likely N-dealkylation sites (tertiary alicyclic amines) is 1. The Hall–Kier alpha value is -2.74. The smallest absolute Gasteiger partial charge is 0.200 e. The summed E-state index contributed by atoms with van der Waals surface area (Å²) in [4.78, 5) is 2.51. The zero-order chi connectivity index (χ0) is 17.1. The van der Waals surface area contributed by atoms with Crippen LogP contribution in [0, 0.1) is 0 Å². The molecular formula is C17H21N7O. The van der Waals surface area contributed by atoms with Gasteiger partial charge in [-0.2, -0.15) is 0 Å². The minimum atomic E-state index is 0.268. The lowest BCUT2D eigenvalue weighted by Crippen LogP contribution is -2.31. The van der Waals surface area contributed by atoms with Crippen molar-refractivity contribution < 1.29 is 4.74 Å². The van der Waals surface area contributed by atoms with E-state index in [0.29, 0.717) is 5.65 Å². The summed E-state index contributed by atoms with van der Waals surface area (Å²) in [6.45, 7) is 2.99. The highest BCUT2D eigenvalue weighted by atomic mass is 16.5. The van der Waals surface area contributed by atoms with E-state index in [1.54, 1.807) is 7.11 Å². The Morgan fingerprint density at radius 1 is 1.20 bits per heavy atom. The molecule has 130 valence electrons. The van der Waals surface area contributed by atoms with Gasteiger partial charge in [0, 0.05) is 6.54 Å². The Labute approximate surface area is 145 Å². The number of hydrogen-bond acceptors (Lipinski definition) is 7. The van der Waals surface area contributed by atoms with Gasteiger partial charge in [0.25, 0.3) is 0 Å². The van der Waals surface area contributed by atoms with Crippen LogP contribution >= 0.6 is 0 Å². The topological polar surface area (TPSA) is 80.5 Å². The zero-order valence-electron chi connectivity index (χ0n) is 14.2. The molecule has 1 N–H and O–H groups in total. The molecular weight excluding hydrogens is 318 g/mol. The fraction of sp³-hybridized carbons (Fsp3) is 0.412. The lowest BCUT2D eigenvalue weighted by Gasteiger charge is -2.28. The van der Waals surface area contributed by atoms with Gasteiger partial charge in [-0.05, 0) is 66.2 Å². The SMILES string of the molecule is COc1cccc(C(CNc2ccc3nnnn3n2)N2CCCC2)c1. The van der Waals surface area contributed by atoms with Gasteiger partial charge in [0.05, 0.1) is 13.2 Å². The number of tetrazole rings is 1. The van der Waals surface area contributed by atoms with Gasteiger partial charge < -0.3 is 10.1 Å². The number of fused-ring (bicyclic) bond motifs is 1. The predicted octanol–water partition coefficient (Wildman–Crippen LogP) is 1.78. The van der Waals surface area contributed by atoms with E-state index in [1.165, 1.54) is 23.0 Å². The van der Waals surface area contributed by atoms with Crippen molar-refractivity contribution in [1.29, 1.82) is 0 Å². The second-order valence-corrected chi connectivity index (χ2v) is 6.16. The van der Waals surface area contributed by atoms with Crippen LogP contribution < -0.4 is 10.1 Å². The lowest BCUT2D eigenvalue weighted by atomic mass is 10.0. The summed E-state index contributed by atoms with van der Waals surface area (Å²) in [6, 6.07) is 12.3. The average molecular weight is 339 g/mol. The number of nitrogens with zero attached hydrogens (tertiary/aromatic N) is 6. The molecule has 0 spiro atoms. The second-order valence-electron chi connectivity index (χ2n) is 6.16. The molecule has 1 saturated heterocycles. The van der Waals surface area contributed by atoms with Gasteiger partial charge in [0.2, 0.25) is 0 Å². The van der Waals surface area contributed by atoms with E-state index in [2.05, 4.69) is 43.0 Å². The summed E-state index contributed by atoms with van der Waals surface area (Å²) in [5.74, 6) is 1.64. The van der Waals surface area contributed by atoms with Gasteiger partial charge in [-0.1, -0.05) is 12.1 Å². The standard InChI is InChI=1S/C17H21N7O/c1-25-14-6-4-5-13(11-14)15(23-9-2-3-10-23)12-18-16-7-8-17-19-21-22-24(17)20-16/h4-8,11,15H,2-3,9-10,12H2,1H3,(H,18,20). The van der Waals surface area contributed by atoms with Gasteiger partial charge in [0.15, 0.2) is 5.65 Å². The normalized spacial score (nSPS) is 16.2. The first kappa shape index (κ1) is 15.8. The molecule has 1 aromatic carbocycles. The van der Waals surface area contributed by atoms with E-state index in [-0.39, 0.29) is 6.04 Å². The van der Waals surface area contributed by atoms with Crippen molar-refractivity contribution in [2.75, 3.05) is 32.1 Å². The maximum Gasteiger partial charge on any atom is 0.200 e. The van der Waals surface area contributed by atoms with E-state index in [4.69, 9.17) is 4.74 Å². The van der Waals surface area contributed by atoms with Crippen LogP contribution in [0.1, 0.15) is 24.4 Å². The van der Waals surface area contributed by atoms with Crippen LogP contribution in [0.2, 0.25) is 0 Å². The number of methoxy groups -OCH3 is 1. The first-order valence-electron chi connectivity index (χ1n) is 8.51. The minimum Gasteiger partial charge on any atom is -0.497 e. The van der Waals surface area contributed by atoms with Crippen LogP contribution in [0.15, 0.2) is 36.4 Å². The summed E-state index contributed by atoms with van der Waals surface area (Å²) in [5.41, 5.74) is 1.88. The third kappa shape index (κ3) is 3.39. The Bertz CT molecular complexity index is 844. The number of anilines is 1. The fourth-order valence-electron chi connectivity index (χ4n) is 3.30. The van der Waals surface area contributed by atoms with Gasteiger partial charge in [-0.25, -0.2) is 0 Å². The zero-order valence-corrected chi connectivity index (χ0v) is 14.2. The third-order valence-electron chi connectivity index (χ3n) is 4.61. The first-order valence-corrected chi connectivity index (χ1v) is 8.51. The van der Waals surface area contributed by atoms with Crippen molar-refractivity contribution in [3.8, 4) is 5.75 Å². The van der Waals surface area contributed by atoms with Crippen LogP contribution in [0.3, 0.4) is 0 Å². The minimum absolute atomic E-state index is 0.268. The summed E-state index contributed by atoms with van der Waals surface area (Å²) in [6.07, 6.45) is 2.49. The number of aromatic nitrogens is 5. The molecule has 3 heterocycles. The maximum absolute atomic E-state index is 5.39. The third-order valence-corrected chi connectivity index (χ3v) is 4.61. The van der Waals surface area contributed by atoms with Gasteiger partial charge >= 0.3 is 0 Å². The summed E-state index contributed by atoms with van der Waals surface area (Å²) >= 11 is 0. The number of nitrogens with one attached hydrogen (secondary N) is 1. The fourth-order valence-corrected chi connectivity index (χ4v) is 3.30. The molecule has 0 amide bonds. The number of benzene rings is 1. The van der Waals surface area contributed by atoms with Crippen LogP contribution in [0.25, 0.3) is 5.65 Å². The molecule has 1 aliphatic rings. The molecule has 0 bridgehead atoms. The Morgan fingerprint density at radius 2 is 2.08 bits per heavy atom. The lowest BCUT2D eigenvalue weighted by molar-refractivity contribution is 0.255.